The first-order chi connectivity index (χ1) is 12.0. The molecule has 6 nitrogen and oxygen atoms in total. The van der Waals surface area contributed by atoms with Crippen molar-refractivity contribution >= 4 is 50.0 Å². The third kappa shape index (κ3) is 4.19. The Morgan fingerprint density at radius 2 is 1.96 bits per heavy atom. The molecule has 1 heterocycles. The van der Waals surface area contributed by atoms with Crippen LogP contribution in [-0.4, -0.2) is 22.7 Å². The molecule has 0 unspecified atom stereocenters. The maximum absolute atomic E-state index is 10.5. The van der Waals surface area contributed by atoms with Crippen LogP contribution in [0.5, 0.6) is 0 Å². The van der Waals surface area contributed by atoms with Gasteiger partial charge in [0.2, 0.25) is 0 Å². The Kier molecular flexibility index (Phi) is 5.04. The topological polar surface area (TPSA) is 100 Å². The molecule has 2 aromatic carbocycles. The van der Waals surface area contributed by atoms with Crippen molar-refractivity contribution in [3.8, 4) is 0 Å². The van der Waals surface area contributed by atoms with E-state index in [1.807, 2.05) is 42.5 Å². The van der Waals surface area contributed by atoms with Gasteiger partial charge in [-0.2, -0.15) is 0 Å². The molecule has 0 fully saturated rings. The number of hydrogen-bond donors (Lipinski definition) is 4. The Balaban J connectivity index is 1.80. The first kappa shape index (κ1) is 17.0. The molecule has 0 bridgehead atoms. The normalized spacial score (nSPS) is 10.6. The van der Waals surface area contributed by atoms with Crippen LogP contribution in [0.2, 0.25) is 0 Å². The molecule has 0 saturated carbocycles. The summed E-state index contributed by atoms with van der Waals surface area (Å²) in [7, 11) is 0. The smallest absolute Gasteiger partial charge is 0.404 e. The molecule has 3 aromatic rings. The van der Waals surface area contributed by atoms with Crippen LogP contribution in [-0.2, 0) is 6.42 Å². The standard InChI is InChI=1S/C18H17BrN4O2/c19-12-3-6-16-14(9-12)17(15(20)10-22-16)23-13-4-1-11(2-5-13)7-8-21-18(24)25/h1-6,9-10,21H,7-8,20H2,(H,22,23)(H,24,25). The van der Waals surface area contributed by atoms with Gasteiger partial charge in [0, 0.05) is 22.1 Å². The number of nitrogens with two attached hydrogens (primary N) is 1. The molecule has 0 saturated heterocycles. The number of fused-ring (bicyclic) bond motifs is 1. The summed E-state index contributed by atoms with van der Waals surface area (Å²) in [5.41, 5.74) is 10.3. The van der Waals surface area contributed by atoms with Crippen LogP contribution < -0.4 is 16.4 Å². The molecular formula is C18H17BrN4O2. The lowest BCUT2D eigenvalue weighted by molar-refractivity contribution is 0.194. The minimum atomic E-state index is -1.01. The highest BCUT2D eigenvalue weighted by Crippen LogP contribution is 2.32. The number of pyridine rings is 1. The fourth-order valence-electron chi connectivity index (χ4n) is 2.53. The summed E-state index contributed by atoms with van der Waals surface area (Å²) in [6.07, 6.45) is 1.27. The van der Waals surface area contributed by atoms with Crippen molar-refractivity contribution in [1.82, 2.24) is 10.3 Å². The molecule has 128 valence electrons. The van der Waals surface area contributed by atoms with Crippen molar-refractivity contribution in [2.75, 3.05) is 17.6 Å². The van der Waals surface area contributed by atoms with Crippen molar-refractivity contribution in [1.29, 1.82) is 0 Å². The van der Waals surface area contributed by atoms with Gasteiger partial charge in [0.25, 0.3) is 0 Å². The number of rotatable bonds is 5. The zero-order valence-electron chi connectivity index (χ0n) is 13.3. The zero-order valence-corrected chi connectivity index (χ0v) is 14.9. The Hall–Kier alpha value is -2.80. The van der Waals surface area contributed by atoms with Gasteiger partial charge in [-0.25, -0.2) is 4.79 Å². The fraction of sp³-hybridized carbons (Fsp3) is 0.111. The van der Waals surface area contributed by atoms with E-state index >= 15 is 0 Å². The largest absolute Gasteiger partial charge is 0.465 e. The number of amides is 1. The SMILES string of the molecule is Nc1cnc2ccc(Br)cc2c1Nc1ccc(CCNC(=O)O)cc1. The van der Waals surface area contributed by atoms with E-state index in [9.17, 15) is 4.79 Å². The number of nitrogens with zero attached hydrogens (tertiary/aromatic N) is 1. The van der Waals surface area contributed by atoms with Gasteiger partial charge in [-0.15, -0.1) is 0 Å². The second-order valence-corrected chi connectivity index (χ2v) is 6.47. The number of carbonyl (C=O) groups is 1. The minimum Gasteiger partial charge on any atom is -0.465 e. The van der Waals surface area contributed by atoms with Crippen molar-refractivity contribution in [2.24, 2.45) is 0 Å². The number of anilines is 3. The molecule has 0 aliphatic rings. The minimum absolute atomic E-state index is 0.387. The molecule has 1 amide bonds. The molecule has 25 heavy (non-hydrogen) atoms. The Labute approximate surface area is 153 Å². The Bertz CT molecular complexity index is 908. The second-order valence-electron chi connectivity index (χ2n) is 5.55. The number of benzene rings is 2. The van der Waals surface area contributed by atoms with E-state index in [-0.39, 0.29) is 0 Å². The van der Waals surface area contributed by atoms with Crippen LogP contribution in [0.1, 0.15) is 5.56 Å². The molecule has 0 spiro atoms. The Morgan fingerprint density at radius 3 is 2.68 bits per heavy atom. The molecule has 7 heteroatoms. The number of carboxylic acid groups (broad SMARTS) is 1. The molecule has 0 aliphatic heterocycles. The number of nitrogens with one attached hydrogen (secondary N) is 2. The van der Waals surface area contributed by atoms with E-state index in [4.69, 9.17) is 10.8 Å². The van der Waals surface area contributed by atoms with Crippen LogP contribution in [0.15, 0.2) is 53.1 Å². The van der Waals surface area contributed by atoms with Crippen molar-refractivity contribution in [3.05, 3.63) is 58.7 Å². The summed E-state index contributed by atoms with van der Waals surface area (Å²) in [4.78, 5) is 14.8. The van der Waals surface area contributed by atoms with E-state index in [0.29, 0.717) is 18.7 Å². The van der Waals surface area contributed by atoms with Gasteiger partial charge in [0.15, 0.2) is 0 Å². The van der Waals surface area contributed by atoms with Crippen LogP contribution >= 0.6 is 15.9 Å². The van der Waals surface area contributed by atoms with Crippen molar-refractivity contribution < 1.29 is 9.90 Å². The summed E-state index contributed by atoms with van der Waals surface area (Å²) in [6, 6.07) is 13.7. The fourth-order valence-corrected chi connectivity index (χ4v) is 2.89. The van der Waals surface area contributed by atoms with E-state index in [1.54, 1.807) is 6.20 Å². The molecule has 3 rings (SSSR count). The third-order valence-corrected chi connectivity index (χ3v) is 4.27. The number of nitrogen functional groups attached to an aromatic ring is 1. The zero-order chi connectivity index (χ0) is 17.8. The second kappa shape index (κ2) is 7.40. The molecule has 5 N–H and O–H groups in total. The molecule has 0 aliphatic carbocycles. The van der Waals surface area contributed by atoms with Crippen molar-refractivity contribution in [3.63, 3.8) is 0 Å². The van der Waals surface area contributed by atoms with Gasteiger partial charge in [0.1, 0.15) is 0 Å². The molecule has 0 atom stereocenters. The van der Waals surface area contributed by atoms with E-state index < -0.39 is 6.09 Å². The Morgan fingerprint density at radius 1 is 1.20 bits per heavy atom. The first-order valence-corrected chi connectivity index (χ1v) is 8.49. The van der Waals surface area contributed by atoms with Crippen LogP contribution in [0, 0.1) is 0 Å². The van der Waals surface area contributed by atoms with Gasteiger partial charge < -0.3 is 21.5 Å². The molecule has 1 aromatic heterocycles. The first-order valence-electron chi connectivity index (χ1n) is 7.69. The average molecular weight is 401 g/mol. The highest BCUT2D eigenvalue weighted by molar-refractivity contribution is 9.10. The summed E-state index contributed by atoms with van der Waals surface area (Å²) < 4.78 is 0.955. The number of hydrogen-bond acceptors (Lipinski definition) is 4. The predicted molar refractivity (Wildman–Crippen MR) is 103 cm³/mol. The lowest BCUT2D eigenvalue weighted by Crippen LogP contribution is -2.23. The number of halogens is 1. The molecule has 0 radical (unpaired) electrons. The number of aromatic nitrogens is 1. The highest BCUT2D eigenvalue weighted by Gasteiger charge is 2.08. The monoisotopic (exact) mass is 400 g/mol. The van der Waals surface area contributed by atoms with Gasteiger partial charge >= 0.3 is 6.09 Å². The lowest BCUT2D eigenvalue weighted by atomic mass is 10.1. The van der Waals surface area contributed by atoms with Gasteiger partial charge in [-0.1, -0.05) is 28.1 Å². The summed E-state index contributed by atoms with van der Waals surface area (Å²) in [5.74, 6) is 0. The van der Waals surface area contributed by atoms with Gasteiger partial charge in [-0.05, 0) is 42.3 Å². The summed E-state index contributed by atoms with van der Waals surface area (Å²) >= 11 is 3.48. The third-order valence-electron chi connectivity index (χ3n) is 3.77. The summed E-state index contributed by atoms with van der Waals surface area (Å²) in [5, 5.41) is 15.2. The van der Waals surface area contributed by atoms with E-state index in [0.717, 1.165) is 32.3 Å². The highest BCUT2D eigenvalue weighted by atomic mass is 79.9. The van der Waals surface area contributed by atoms with Crippen LogP contribution in [0.4, 0.5) is 21.9 Å². The van der Waals surface area contributed by atoms with Gasteiger partial charge in [-0.3, -0.25) is 4.98 Å². The van der Waals surface area contributed by atoms with Crippen LogP contribution in [0.3, 0.4) is 0 Å². The van der Waals surface area contributed by atoms with Crippen LogP contribution in [0.25, 0.3) is 10.9 Å². The average Bonchev–Trinajstić information content (AvgIpc) is 2.58. The van der Waals surface area contributed by atoms with Gasteiger partial charge in [0.05, 0.1) is 23.1 Å². The predicted octanol–water partition coefficient (Wildman–Crippen LogP) is 4.13. The van der Waals surface area contributed by atoms with Crippen molar-refractivity contribution in [2.45, 2.75) is 6.42 Å². The maximum Gasteiger partial charge on any atom is 0.404 e. The maximum atomic E-state index is 10.5. The lowest BCUT2D eigenvalue weighted by Gasteiger charge is -2.13. The summed E-state index contributed by atoms with van der Waals surface area (Å²) in [6.45, 7) is 0.387. The quantitative estimate of drug-likeness (QED) is 0.515. The van der Waals surface area contributed by atoms with E-state index in [1.165, 1.54) is 0 Å². The van der Waals surface area contributed by atoms with E-state index in [2.05, 4.69) is 31.5 Å². The molecular weight excluding hydrogens is 384 g/mol.